The Morgan fingerprint density at radius 3 is 1.21 bits per heavy atom. The van der Waals surface area contributed by atoms with E-state index >= 15 is 0 Å². The third kappa shape index (κ3) is 35.2. The summed E-state index contributed by atoms with van der Waals surface area (Å²) in [5.74, 6) is 0.742. The molecule has 0 aliphatic heterocycles. The summed E-state index contributed by atoms with van der Waals surface area (Å²) in [6.07, 6.45) is 4.04. The molecular formula is C27H54ClNO10. The van der Waals surface area contributed by atoms with E-state index in [9.17, 15) is 4.79 Å². The Balaban J connectivity index is 3.09. The molecule has 11 nitrogen and oxygen atoms in total. The van der Waals surface area contributed by atoms with Crippen molar-refractivity contribution in [2.45, 2.75) is 52.1 Å². The highest BCUT2D eigenvalue weighted by molar-refractivity contribution is 6.17. The van der Waals surface area contributed by atoms with E-state index in [0.717, 1.165) is 25.3 Å². The third-order valence-electron chi connectivity index (χ3n) is 4.69. The number of carbonyl (C=O) groups is 1. The second-order valence-corrected chi connectivity index (χ2v) is 9.81. The summed E-state index contributed by atoms with van der Waals surface area (Å²) < 4.78 is 48.7. The molecule has 0 aliphatic rings. The van der Waals surface area contributed by atoms with Crippen LogP contribution < -0.4 is 5.32 Å². The van der Waals surface area contributed by atoms with Gasteiger partial charge in [0.15, 0.2) is 0 Å². The Labute approximate surface area is 240 Å². The number of alkyl halides is 1. The first kappa shape index (κ1) is 38.2. The van der Waals surface area contributed by atoms with Crippen LogP contribution in [0, 0.1) is 0 Å². The molecule has 0 atom stereocenters. The minimum Gasteiger partial charge on any atom is -0.444 e. The van der Waals surface area contributed by atoms with E-state index in [0.29, 0.717) is 106 Å². The number of rotatable bonds is 30. The molecule has 0 rings (SSSR count). The first-order valence-corrected chi connectivity index (χ1v) is 14.6. The zero-order valence-electron chi connectivity index (χ0n) is 24.5. The Hall–Kier alpha value is -0.760. The SMILES string of the molecule is CC(C)(C)OC(=O)NCCOCCOCCOCCOCCOCCOCCOCCOCCCCCCCl. The molecule has 0 heterocycles. The van der Waals surface area contributed by atoms with Crippen molar-refractivity contribution in [2.24, 2.45) is 0 Å². The molecule has 12 heteroatoms. The van der Waals surface area contributed by atoms with Gasteiger partial charge in [0.2, 0.25) is 0 Å². The fraction of sp³-hybridized carbons (Fsp3) is 0.963. The Morgan fingerprint density at radius 1 is 0.513 bits per heavy atom. The highest BCUT2D eigenvalue weighted by Gasteiger charge is 2.15. The number of alkyl carbamates (subject to hydrolysis) is 1. The van der Waals surface area contributed by atoms with Crippen molar-refractivity contribution in [3.63, 3.8) is 0 Å². The van der Waals surface area contributed by atoms with Gasteiger partial charge in [-0.05, 0) is 33.6 Å². The molecule has 0 saturated heterocycles. The summed E-state index contributed by atoms with van der Waals surface area (Å²) in [5, 5.41) is 2.63. The van der Waals surface area contributed by atoms with Crippen LogP contribution in [-0.2, 0) is 42.6 Å². The van der Waals surface area contributed by atoms with Gasteiger partial charge in [-0.2, -0.15) is 0 Å². The van der Waals surface area contributed by atoms with Crippen LogP contribution in [0.3, 0.4) is 0 Å². The Bertz CT molecular complexity index is 511. The number of ether oxygens (including phenoxy) is 9. The molecule has 0 aromatic heterocycles. The standard InChI is InChI=1S/C27H54ClNO10/c1-27(2,3)39-26(30)29-9-11-32-13-15-34-17-19-36-21-23-38-25-24-37-22-20-35-18-16-33-14-12-31-10-7-5-4-6-8-28/h4-25H2,1-3H3,(H,29,30). The van der Waals surface area contributed by atoms with Crippen LogP contribution in [0.25, 0.3) is 0 Å². The number of hydrogen-bond acceptors (Lipinski definition) is 10. The van der Waals surface area contributed by atoms with Gasteiger partial charge in [-0.3, -0.25) is 0 Å². The van der Waals surface area contributed by atoms with E-state index in [1.54, 1.807) is 0 Å². The van der Waals surface area contributed by atoms with Crippen LogP contribution in [0.4, 0.5) is 4.79 Å². The third-order valence-corrected chi connectivity index (χ3v) is 4.96. The molecule has 1 amide bonds. The predicted molar refractivity (Wildman–Crippen MR) is 150 cm³/mol. The van der Waals surface area contributed by atoms with Crippen molar-refractivity contribution in [1.82, 2.24) is 5.32 Å². The summed E-state index contributed by atoms with van der Waals surface area (Å²) in [5.41, 5.74) is -0.505. The molecule has 1 N–H and O–H groups in total. The van der Waals surface area contributed by atoms with E-state index < -0.39 is 11.7 Å². The average molecular weight is 588 g/mol. The summed E-state index contributed by atoms with van der Waals surface area (Å²) in [4.78, 5) is 11.5. The number of hydrogen-bond donors (Lipinski definition) is 1. The van der Waals surface area contributed by atoms with E-state index in [1.807, 2.05) is 20.8 Å². The van der Waals surface area contributed by atoms with Gasteiger partial charge in [0.05, 0.1) is 99.1 Å². The highest BCUT2D eigenvalue weighted by atomic mass is 35.5. The normalized spacial score (nSPS) is 11.7. The maximum atomic E-state index is 11.5. The van der Waals surface area contributed by atoms with Crippen LogP contribution in [-0.4, -0.2) is 130 Å². The van der Waals surface area contributed by atoms with E-state index in [4.69, 9.17) is 54.2 Å². The Morgan fingerprint density at radius 2 is 0.846 bits per heavy atom. The molecule has 0 bridgehead atoms. The summed E-state index contributed by atoms with van der Waals surface area (Å²) >= 11 is 5.64. The number of unbranched alkanes of at least 4 members (excludes halogenated alkanes) is 3. The average Bonchev–Trinajstić information content (AvgIpc) is 2.88. The lowest BCUT2D eigenvalue weighted by Crippen LogP contribution is -2.34. The number of amides is 1. The number of carbonyl (C=O) groups excluding carboxylic acids is 1. The van der Waals surface area contributed by atoms with Gasteiger partial charge < -0.3 is 47.9 Å². The molecular weight excluding hydrogens is 534 g/mol. The van der Waals surface area contributed by atoms with Crippen LogP contribution in [0.2, 0.25) is 0 Å². The molecule has 0 aromatic carbocycles. The maximum absolute atomic E-state index is 11.5. The van der Waals surface area contributed by atoms with Crippen molar-refractivity contribution in [1.29, 1.82) is 0 Å². The minimum absolute atomic E-state index is 0.389. The van der Waals surface area contributed by atoms with Crippen molar-refractivity contribution < 1.29 is 47.4 Å². The van der Waals surface area contributed by atoms with E-state index in [1.165, 1.54) is 12.8 Å². The highest BCUT2D eigenvalue weighted by Crippen LogP contribution is 2.06. The van der Waals surface area contributed by atoms with E-state index in [2.05, 4.69) is 5.32 Å². The van der Waals surface area contributed by atoms with Gasteiger partial charge in [-0.1, -0.05) is 12.8 Å². The number of halogens is 1. The molecule has 0 aliphatic carbocycles. The first-order chi connectivity index (χ1) is 19.0. The molecule has 0 fully saturated rings. The molecule has 234 valence electrons. The van der Waals surface area contributed by atoms with Crippen LogP contribution >= 0.6 is 11.6 Å². The fourth-order valence-electron chi connectivity index (χ4n) is 2.83. The molecule has 0 radical (unpaired) electrons. The largest absolute Gasteiger partial charge is 0.444 e. The molecule has 0 spiro atoms. The molecule has 0 saturated carbocycles. The molecule has 39 heavy (non-hydrogen) atoms. The van der Waals surface area contributed by atoms with Gasteiger partial charge in [0.1, 0.15) is 5.60 Å². The maximum Gasteiger partial charge on any atom is 0.407 e. The van der Waals surface area contributed by atoms with Gasteiger partial charge >= 0.3 is 6.09 Å². The molecule has 0 aromatic rings. The van der Waals surface area contributed by atoms with Crippen molar-refractivity contribution in [2.75, 3.05) is 118 Å². The van der Waals surface area contributed by atoms with Crippen molar-refractivity contribution >= 4 is 17.7 Å². The summed E-state index contributed by atoms with van der Waals surface area (Å²) in [6, 6.07) is 0. The zero-order chi connectivity index (χ0) is 28.7. The predicted octanol–water partition coefficient (Wildman–Crippen LogP) is 3.44. The number of nitrogens with one attached hydrogen (secondary N) is 1. The van der Waals surface area contributed by atoms with Crippen molar-refractivity contribution in [3.8, 4) is 0 Å². The minimum atomic E-state index is -0.505. The summed E-state index contributed by atoms with van der Waals surface area (Å²) in [7, 11) is 0. The van der Waals surface area contributed by atoms with Gasteiger partial charge in [0, 0.05) is 19.0 Å². The topological polar surface area (TPSA) is 112 Å². The fourth-order valence-corrected chi connectivity index (χ4v) is 3.02. The van der Waals surface area contributed by atoms with Crippen molar-refractivity contribution in [3.05, 3.63) is 0 Å². The Kier molecular flexibility index (Phi) is 29.6. The van der Waals surface area contributed by atoms with Gasteiger partial charge in [-0.25, -0.2) is 4.79 Å². The lowest BCUT2D eigenvalue weighted by Gasteiger charge is -2.19. The quantitative estimate of drug-likeness (QED) is 0.0990. The van der Waals surface area contributed by atoms with Crippen LogP contribution in [0.15, 0.2) is 0 Å². The monoisotopic (exact) mass is 587 g/mol. The van der Waals surface area contributed by atoms with Crippen LogP contribution in [0.1, 0.15) is 46.5 Å². The lowest BCUT2D eigenvalue weighted by molar-refractivity contribution is -0.0231. The second kappa shape index (κ2) is 30.2. The second-order valence-electron chi connectivity index (χ2n) is 9.43. The van der Waals surface area contributed by atoms with E-state index in [-0.39, 0.29) is 0 Å². The summed E-state index contributed by atoms with van der Waals surface area (Å²) in [6.45, 7) is 14.3. The first-order valence-electron chi connectivity index (χ1n) is 14.1. The van der Waals surface area contributed by atoms with Crippen LogP contribution in [0.5, 0.6) is 0 Å². The lowest BCUT2D eigenvalue weighted by atomic mass is 10.2. The smallest absolute Gasteiger partial charge is 0.407 e. The zero-order valence-corrected chi connectivity index (χ0v) is 25.3. The van der Waals surface area contributed by atoms with Gasteiger partial charge in [0.25, 0.3) is 0 Å². The van der Waals surface area contributed by atoms with Gasteiger partial charge in [-0.15, -0.1) is 11.6 Å². The molecule has 0 unspecified atom stereocenters.